The van der Waals surface area contributed by atoms with E-state index in [1.807, 2.05) is 0 Å². The van der Waals surface area contributed by atoms with Gasteiger partial charge in [0.25, 0.3) is 10.1 Å². The number of phosphoric acid groups is 1. The number of fused-ring (bicyclic) bond motifs is 1. The van der Waals surface area contributed by atoms with Crippen LogP contribution in [0, 0.1) is 0 Å². The van der Waals surface area contributed by atoms with Gasteiger partial charge in [0, 0.05) is 11.5 Å². The molecular formula is C13H13O9PS. The zero-order chi connectivity index (χ0) is 18.5. The van der Waals surface area contributed by atoms with Crippen molar-refractivity contribution >= 4 is 34.7 Å². The molecule has 0 aliphatic carbocycles. The molecule has 0 saturated heterocycles. The molecule has 4 N–H and O–H groups in total. The van der Waals surface area contributed by atoms with Crippen molar-refractivity contribution in [1.29, 1.82) is 0 Å². The Hall–Kier alpha value is -2.07. The molecule has 130 valence electrons. The van der Waals surface area contributed by atoms with E-state index >= 15 is 0 Å². The number of carbonyl (C=O) groups excluding carboxylic acids is 1. The smallest absolute Gasteiger partial charge is 0.422 e. The first kappa shape index (κ1) is 20.0. The fraction of sp³-hybridized carbons (Fsp3) is 0. The number of carbonyl (C=O) groups is 1. The van der Waals surface area contributed by atoms with Crippen molar-refractivity contribution in [3.8, 4) is 5.75 Å². The van der Waals surface area contributed by atoms with Crippen LogP contribution < -0.4 is 4.74 Å². The highest BCUT2D eigenvalue weighted by atomic mass is 32.2. The van der Waals surface area contributed by atoms with Gasteiger partial charge in [0.15, 0.2) is 5.75 Å². The van der Waals surface area contributed by atoms with Gasteiger partial charge in [0.2, 0.25) is 0 Å². The average molecular weight is 376 g/mol. The zero-order valence-corrected chi connectivity index (χ0v) is 13.6. The van der Waals surface area contributed by atoms with Crippen molar-refractivity contribution in [3.05, 3.63) is 49.1 Å². The molecule has 2 aromatic carbocycles. The number of esters is 1. The molecule has 0 aliphatic rings. The summed E-state index contributed by atoms with van der Waals surface area (Å²) >= 11 is 0. The van der Waals surface area contributed by atoms with Crippen molar-refractivity contribution in [3.63, 3.8) is 0 Å². The molecule has 0 saturated carbocycles. The van der Waals surface area contributed by atoms with Gasteiger partial charge in [-0.3, -0.25) is 4.55 Å². The molecule has 0 aliphatic heterocycles. The summed E-state index contributed by atoms with van der Waals surface area (Å²) < 4.78 is 46.0. The van der Waals surface area contributed by atoms with Gasteiger partial charge in [-0.2, -0.15) is 8.42 Å². The maximum atomic E-state index is 11.5. The first-order chi connectivity index (χ1) is 10.9. The first-order valence-electron chi connectivity index (χ1n) is 6.05. The SMILES string of the molecule is C=CC(=O)Oc1ccc2ccccc2c1S(=O)(=O)O.O=P(O)(O)O. The van der Waals surface area contributed by atoms with Crippen molar-refractivity contribution in [1.82, 2.24) is 0 Å². The molecular weight excluding hydrogens is 363 g/mol. The van der Waals surface area contributed by atoms with Gasteiger partial charge in [-0.05, 0) is 11.5 Å². The molecule has 0 atom stereocenters. The number of hydrogen-bond donors (Lipinski definition) is 4. The molecule has 2 rings (SSSR count). The lowest BCUT2D eigenvalue weighted by Crippen LogP contribution is -2.08. The Morgan fingerprint density at radius 2 is 1.67 bits per heavy atom. The van der Waals surface area contributed by atoms with Gasteiger partial charge in [-0.1, -0.05) is 36.9 Å². The highest BCUT2D eigenvalue weighted by Crippen LogP contribution is 2.32. The minimum absolute atomic E-state index is 0.230. The predicted molar refractivity (Wildman–Crippen MR) is 83.9 cm³/mol. The minimum atomic E-state index is -4.64. The number of ether oxygens (including phenoxy) is 1. The van der Waals surface area contributed by atoms with Crippen molar-refractivity contribution in [2.45, 2.75) is 4.90 Å². The Bertz CT molecular complexity index is 906. The monoisotopic (exact) mass is 376 g/mol. The van der Waals surface area contributed by atoms with Crippen LogP contribution in [0.2, 0.25) is 0 Å². The molecule has 0 fully saturated rings. The molecule has 0 heterocycles. The molecule has 0 bridgehead atoms. The Morgan fingerprint density at radius 1 is 1.12 bits per heavy atom. The van der Waals surface area contributed by atoms with Crippen LogP contribution >= 0.6 is 7.82 Å². The Labute approximate surface area is 136 Å². The van der Waals surface area contributed by atoms with E-state index in [2.05, 4.69) is 6.58 Å². The highest BCUT2D eigenvalue weighted by Gasteiger charge is 2.21. The van der Waals surface area contributed by atoms with Gasteiger partial charge < -0.3 is 19.4 Å². The number of rotatable bonds is 3. The molecule has 0 unspecified atom stereocenters. The van der Waals surface area contributed by atoms with Crippen LogP contribution in [0.25, 0.3) is 10.8 Å². The van der Waals surface area contributed by atoms with Crippen molar-refractivity contribution in [2.24, 2.45) is 0 Å². The molecule has 24 heavy (non-hydrogen) atoms. The normalized spacial score (nSPS) is 11.3. The Kier molecular flexibility index (Phi) is 6.38. The lowest BCUT2D eigenvalue weighted by atomic mass is 10.1. The lowest BCUT2D eigenvalue weighted by Gasteiger charge is -2.09. The van der Waals surface area contributed by atoms with E-state index in [-0.39, 0.29) is 11.1 Å². The van der Waals surface area contributed by atoms with E-state index in [0.717, 1.165) is 6.08 Å². The van der Waals surface area contributed by atoms with Crippen LogP contribution in [0.1, 0.15) is 0 Å². The van der Waals surface area contributed by atoms with Crippen LogP contribution in [0.15, 0.2) is 53.9 Å². The maximum Gasteiger partial charge on any atom is 0.466 e. The van der Waals surface area contributed by atoms with E-state index in [1.165, 1.54) is 12.1 Å². The fourth-order valence-electron chi connectivity index (χ4n) is 1.72. The second-order valence-corrected chi connectivity index (χ2v) is 6.61. The highest BCUT2D eigenvalue weighted by molar-refractivity contribution is 7.86. The third kappa shape index (κ3) is 6.20. The second-order valence-electron chi connectivity index (χ2n) is 4.23. The topological polar surface area (TPSA) is 158 Å². The molecule has 0 spiro atoms. The summed E-state index contributed by atoms with van der Waals surface area (Å²) in [7, 11) is -9.16. The molecule has 11 heteroatoms. The minimum Gasteiger partial charge on any atom is -0.422 e. The lowest BCUT2D eigenvalue weighted by molar-refractivity contribution is -0.129. The summed E-state index contributed by atoms with van der Waals surface area (Å²) in [5.41, 5.74) is 0. The van der Waals surface area contributed by atoms with Gasteiger partial charge in [-0.15, -0.1) is 0 Å². The largest absolute Gasteiger partial charge is 0.466 e. The van der Waals surface area contributed by atoms with Crippen molar-refractivity contribution in [2.75, 3.05) is 0 Å². The van der Waals surface area contributed by atoms with Gasteiger partial charge in [-0.25, -0.2) is 9.36 Å². The first-order valence-corrected chi connectivity index (χ1v) is 9.06. The number of benzene rings is 2. The standard InChI is InChI=1S/C13H10O5S.H3O4P/c1-2-12(14)18-11-8-7-9-5-3-4-6-10(9)13(11)19(15,16)17;1-5(2,3)4/h2-8H,1H2,(H,15,16,17);(H3,1,2,3,4). The third-order valence-corrected chi connectivity index (χ3v) is 3.42. The summed E-state index contributed by atoms with van der Waals surface area (Å²) in [6, 6.07) is 9.46. The zero-order valence-electron chi connectivity index (χ0n) is 11.9. The quantitative estimate of drug-likeness (QED) is 0.203. The molecule has 0 amide bonds. The maximum absolute atomic E-state index is 11.5. The van der Waals surface area contributed by atoms with E-state index < -0.39 is 28.8 Å². The number of hydrogen-bond acceptors (Lipinski definition) is 5. The Morgan fingerprint density at radius 3 is 2.17 bits per heavy atom. The van der Waals surface area contributed by atoms with E-state index in [4.69, 9.17) is 24.0 Å². The van der Waals surface area contributed by atoms with Gasteiger partial charge >= 0.3 is 13.8 Å². The van der Waals surface area contributed by atoms with Crippen LogP contribution in [0.3, 0.4) is 0 Å². The van der Waals surface area contributed by atoms with E-state index in [1.54, 1.807) is 24.3 Å². The van der Waals surface area contributed by atoms with E-state index in [0.29, 0.717) is 5.39 Å². The summed E-state index contributed by atoms with van der Waals surface area (Å²) in [4.78, 5) is 32.3. The fourth-order valence-corrected chi connectivity index (χ4v) is 2.55. The van der Waals surface area contributed by atoms with Gasteiger partial charge in [0.05, 0.1) is 0 Å². The summed E-state index contributed by atoms with van der Waals surface area (Å²) in [5.74, 6) is -1.04. The van der Waals surface area contributed by atoms with Crippen molar-refractivity contribution < 1.29 is 41.7 Å². The molecule has 2 aromatic rings. The summed E-state index contributed by atoms with van der Waals surface area (Å²) in [6.45, 7) is 3.22. The van der Waals surface area contributed by atoms with Crippen LogP contribution in [-0.4, -0.2) is 33.6 Å². The third-order valence-electron chi connectivity index (χ3n) is 2.48. The molecule has 9 nitrogen and oxygen atoms in total. The van der Waals surface area contributed by atoms with Crippen LogP contribution in [0.4, 0.5) is 0 Å². The summed E-state index contributed by atoms with van der Waals surface area (Å²) in [6.07, 6.45) is 0.906. The average Bonchev–Trinajstić information content (AvgIpc) is 2.43. The molecule has 0 radical (unpaired) electrons. The van der Waals surface area contributed by atoms with Crippen LogP contribution in [-0.2, 0) is 19.5 Å². The van der Waals surface area contributed by atoms with Gasteiger partial charge in [0.1, 0.15) is 4.90 Å². The summed E-state index contributed by atoms with van der Waals surface area (Å²) in [5, 5.41) is 0.882. The van der Waals surface area contributed by atoms with E-state index in [9.17, 15) is 17.8 Å². The molecule has 0 aromatic heterocycles. The predicted octanol–water partition coefficient (Wildman–Crippen LogP) is 1.25. The second kappa shape index (κ2) is 7.67. The Balaban J connectivity index is 0.000000505. The van der Waals surface area contributed by atoms with Crippen LogP contribution in [0.5, 0.6) is 5.75 Å².